The van der Waals surface area contributed by atoms with Crippen LogP contribution >= 0.6 is 11.3 Å². The lowest BCUT2D eigenvalue weighted by molar-refractivity contribution is 0.103. The van der Waals surface area contributed by atoms with E-state index in [4.69, 9.17) is 4.74 Å². The number of fused-ring (bicyclic) bond motifs is 1. The second kappa shape index (κ2) is 6.34. The minimum Gasteiger partial charge on any atom is -0.464 e. The summed E-state index contributed by atoms with van der Waals surface area (Å²) in [5, 5.41) is 3.98. The van der Waals surface area contributed by atoms with Crippen LogP contribution in [-0.2, 0) is 0 Å². The zero-order valence-electron chi connectivity index (χ0n) is 13.2. The van der Waals surface area contributed by atoms with Crippen molar-refractivity contribution in [2.24, 2.45) is 0 Å². The molecule has 0 atom stereocenters. The Morgan fingerprint density at radius 3 is 2.57 bits per heavy atom. The van der Waals surface area contributed by atoms with E-state index < -0.39 is 0 Å². The number of amides is 1. The van der Waals surface area contributed by atoms with Gasteiger partial charge in [0.1, 0.15) is 0 Å². The van der Waals surface area contributed by atoms with E-state index in [1.54, 1.807) is 0 Å². The zero-order chi connectivity index (χ0) is 16.4. The fourth-order valence-electron chi connectivity index (χ4n) is 2.33. The largest absolute Gasteiger partial charge is 0.464 e. The number of hydrogen-bond acceptors (Lipinski definition) is 5. The predicted molar refractivity (Wildman–Crippen MR) is 92.5 cm³/mol. The number of thiophene rings is 1. The van der Waals surface area contributed by atoms with Gasteiger partial charge in [-0.1, -0.05) is 18.2 Å². The normalized spacial score (nSPS) is 10.7. The van der Waals surface area contributed by atoms with E-state index in [1.807, 2.05) is 51.1 Å². The highest BCUT2D eigenvalue weighted by Gasteiger charge is 2.15. The number of anilines is 1. The van der Waals surface area contributed by atoms with E-state index in [1.165, 1.54) is 11.3 Å². The quantitative estimate of drug-likeness (QED) is 0.788. The third kappa shape index (κ3) is 3.17. The molecule has 3 rings (SSSR count). The summed E-state index contributed by atoms with van der Waals surface area (Å²) < 4.78 is 6.41. The summed E-state index contributed by atoms with van der Waals surface area (Å²) >= 11 is 1.47. The van der Waals surface area contributed by atoms with Gasteiger partial charge in [-0.05, 0) is 38.3 Å². The molecule has 0 saturated heterocycles. The van der Waals surface area contributed by atoms with Gasteiger partial charge in [0.15, 0.2) is 0 Å². The molecule has 0 radical (unpaired) electrons. The second-order valence-electron chi connectivity index (χ2n) is 5.09. The van der Waals surface area contributed by atoms with E-state index in [2.05, 4.69) is 15.3 Å². The average Bonchev–Trinajstić information content (AvgIpc) is 2.95. The third-order valence-electron chi connectivity index (χ3n) is 3.41. The highest BCUT2D eigenvalue weighted by molar-refractivity contribution is 7.20. The Balaban J connectivity index is 1.87. The van der Waals surface area contributed by atoms with Gasteiger partial charge in [0.25, 0.3) is 5.91 Å². The van der Waals surface area contributed by atoms with E-state index in [9.17, 15) is 4.79 Å². The van der Waals surface area contributed by atoms with Gasteiger partial charge < -0.3 is 10.1 Å². The van der Waals surface area contributed by atoms with Crippen molar-refractivity contribution >= 4 is 33.0 Å². The van der Waals surface area contributed by atoms with Crippen molar-refractivity contribution in [2.75, 3.05) is 11.9 Å². The third-order valence-corrected chi connectivity index (χ3v) is 4.53. The van der Waals surface area contributed by atoms with Crippen LogP contribution in [-0.4, -0.2) is 22.5 Å². The molecule has 0 saturated carbocycles. The molecule has 6 heteroatoms. The van der Waals surface area contributed by atoms with Gasteiger partial charge in [-0.2, -0.15) is 9.97 Å². The van der Waals surface area contributed by atoms with Crippen LogP contribution in [0.4, 0.5) is 5.69 Å². The number of ether oxygens (including phenoxy) is 1. The Kier molecular flexibility index (Phi) is 4.25. The van der Waals surface area contributed by atoms with Crippen LogP contribution < -0.4 is 10.1 Å². The first kappa shape index (κ1) is 15.4. The minimum absolute atomic E-state index is 0.148. The number of nitrogens with zero attached hydrogens (tertiary/aromatic N) is 2. The van der Waals surface area contributed by atoms with Gasteiger partial charge in [-0.3, -0.25) is 4.79 Å². The lowest BCUT2D eigenvalue weighted by Gasteiger charge is -2.11. The number of carbonyl (C=O) groups excluding carboxylic acids is 1. The summed E-state index contributed by atoms with van der Waals surface area (Å²) in [6.07, 6.45) is 0. The molecule has 2 heterocycles. The molecule has 3 aromatic rings. The molecule has 1 aromatic carbocycles. The number of hydrogen-bond donors (Lipinski definition) is 1. The number of aromatic nitrogens is 2. The van der Waals surface area contributed by atoms with Crippen molar-refractivity contribution in [1.29, 1.82) is 0 Å². The number of nitrogens with one attached hydrogen (secondary N) is 1. The second-order valence-corrected chi connectivity index (χ2v) is 6.17. The van der Waals surface area contributed by atoms with E-state index in [0.717, 1.165) is 10.1 Å². The molecular weight excluding hydrogens is 310 g/mol. The van der Waals surface area contributed by atoms with Crippen molar-refractivity contribution in [2.45, 2.75) is 20.8 Å². The van der Waals surface area contributed by atoms with Crippen molar-refractivity contribution in [3.05, 3.63) is 46.6 Å². The highest BCUT2D eigenvalue weighted by atomic mass is 32.1. The lowest BCUT2D eigenvalue weighted by atomic mass is 10.2. The number of carbonyl (C=O) groups is 1. The van der Waals surface area contributed by atoms with Gasteiger partial charge in [-0.15, -0.1) is 11.3 Å². The van der Waals surface area contributed by atoms with Crippen LogP contribution in [0.3, 0.4) is 0 Å². The molecule has 0 aliphatic carbocycles. The van der Waals surface area contributed by atoms with Gasteiger partial charge in [-0.25, -0.2) is 0 Å². The Hall–Kier alpha value is -2.47. The average molecular weight is 327 g/mol. The molecule has 118 valence electrons. The fourth-order valence-corrected chi connectivity index (χ4v) is 3.29. The fraction of sp³-hybridized carbons (Fsp3) is 0.235. The SMILES string of the molecule is CCOc1nc(C)c(NC(=O)c2cc3ccccc3s2)c(C)n1. The first-order valence-electron chi connectivity index (χ1n) is 7.36. The van der Waals surface area contributed by atoms with Gasteiger partial charge in [0.05, 0.1) is 28.6 Å². The van der Waals surface area contributed by atoms with Crippen molar-refractivity contribution in [3.63, 3.8) is 0 Å². The first-order chi connectivity index (χ1) is 11.1. The summed E-state index contributed by atoms with van der Waals surface area (Å²) in [4.78, 5) is 21.7. The molecule has 0 spiro atoms. The molecule has 0 bridgehead atoms. The van der Waals surface area contributed by atoms with E-state index in [0.29, 0.717) is 34.6 Å². The molecule has 1 amide bonds. The van der Waals surface area contributed by atoms with Crippen molar-refractivity contribution < 1.29 is 9.53 Å². The van der Waals surface area contributed by atoms with Gasteiger partial charge >= 0.3 is 6.01 Å². The van der Waals surface area contributed by atoms with Crippen LogP contribution in [0, 0.1) is 13.8 Å². The molecule has 0 aliphatic heterocycles. The smallest absolute Gasteiger partial charge is 0.316 e. The summed E-state index contributed by atoms with van der Waals surface area (Å²) in [6.45, 7) is 6.05. The van der Waals surface area contributed by atoms with Crippen LogP contribution in [0.15, 0.2) is 30.3 Å². The molecule has 0 fully saturated rings. The number of rotatable bonds is 4. The molecular formula is C17H17N3O2S. The molecule has 5 nitrogen and oxygen atoms in total. The van der Waals surface area contributed by atoms with Gasteiger partial charge in [0.2, 0.25) is 0 Å². The maximum atomic E-state index is 12.5. The zero-order valence-corrected chi connectivity index (χ0v) is 14.0. The molecule has 23 heavy (non-hydrogen) atoms. The number of benzene rings is 1. The minimum atomic E-state index is -0.148. The molecule has 2 aromatic heterocycles. The van der Waals surface area contributed by atoms with Crippen molar-refractivity contribution in [1.82, 2.24) is 9.97 Å². The Morgan fingerprint density at radius 1 is 1.22 bits per heavy atom. The van der Waals surface area contributed by atoms with Gasteiger partial charge in [0, 0.05) is 4.70 Å². The summed E-state index contributed by atoms with van der Waals surface area (Å²) in [5.74, 6) is -0.148. The van der Waals surface area contributed by atoms with Crippen LogP contribution in [0.25, 0.3) is 10.1 Å². The standard InChI is InChI=1S/C17H17N3O2S/c1-4-22-17-18-10(2)15(11(3)19-17)20-16(21)14-9-12-7-5-6-8-13(12)23-14/h5-9H,4H2,1-3H3,(H,20,21). The Morgan fingerprint density at radius 2 is 1.91 bits per heavy atom. The van der Waals surface area contributed by atoms with E-state index >= 15 is 0 Å². The van der Waals surface area contributed by atoms with Crippen molar-refractivity contribution in [3.8, 4) is 6.01 Å². The lowest BCUT2D eigenvalue weighted by Crippen LogP contribution is -2.14. The molecule has 0 aliphatic rings. The maximum absolute atomic E-state index is 12.5. The van der Waals surface area contributed by atoms with Crippen LogP contribution in [0.2, 0.25) is 0 Å². The van der Waals surface area contributed by atoms with Crippen LogP contribution in [0.5, 0.6) is 6.01 Å². The highest BCUT2D eigenvalue weighted by Crippen LogP contribution is 2.27. The Labute approximate surface area is 138 Å². The molecule has 0 unspecified atom stereocenters. The van der Waals surface area contributed by atoms with Crippen LogP contribution in [0.1, 0.15) is 28.0 Å². The van der Waals surface area contributed by atoms with E-state index in [-0.39, 0.29) is 5.91 Å². The topological polar surface area (TPSA) is 64.1 Å². The predicted octanol–water partition coefficient (Wildman–Crippen LogP) is 3.96. The monoisotopic (exact) mass is 327 g/mol. The summed E-state index contributed by atoms with van der Waals surface area (Å²) in [6, 6.07) is 10.2. The maximum Gasteiger partial charge on any atom is 0.316 e. The first-order valence-corrected chi connectivity index (χ1v) is 8.18. The Bertz CT molecular complexity index is 817. The molecule has 1 N–H and O–H groups in total. The summed E-state index contributed by atoms with van der Waals surface area (Å²) in [7, 11) is 0. The number of aryl methyl sites for hydroxylation is 2. The summed E-state index contributed by atoms with van der Waals surface area (Å²) in [5.41, 5.74) is 2.02.